The zero-order chi connectivity index (χ0) is 64.6. The first kappa shape index (κ1) is 71.8. The topological polar surface area (TPSA) is 185 Å². The fourth-order valence-corrected chi connectivity index (χ4v) is 17.4. The number of ketones is 1. The number of hydrogen-bond donors (Lipinski definition) is 3. The number of fused-ring (bicyclic) bond motifs is 5. The van der Waals surface area contributed by atoms with Crippen LogP contribution in [-0.4, -0.2) is 117 Å². The average molecular weight is 1250 g/mol. The predicted molar refractivity (Wildman–Crippen MR) is 354 cm³/mol. The second-order valence-electron chi connectivity index (χ2n) is 27.0. The average Bonchev–Trinajstić information content (AvgIpc) is 0.673. The Morgan fingerprint density at radius 2 is 1.30 bits per heavy atom. The number of Topliss-reactive ketones (excluding diaryl/α,β-unsaturated/α-hetero) is 1. The van der Waals surface area contributed by atoms with E-state index in [4.69, 9.17) is 32.5 Å². The molecule has 11 unspecified atom stereocenters. The lowest BCUT2D eigenvalue weighted by Gasteiger charge is -2.68. The molecule has 1 saturated heterocycles. The van der Waals surface area contributed by atoms with Crippen molar-refractivity contribution in [3.8, 4) is 0 Å². The molecule has 14 nitrogen and oxygen atoms in total. The van der Waals surface area contributed by atoms with Gasteiger partial charge in [0, 0.05) is 30.6 Å². The number of alkyl carbamates (subject to hydrolysis) is 1. The summed E-state index contributed by atoms with van der Waals surface area (Å²) >= 11 is 0. The van der Waals surface area contributed by atoms with Gasteiger partial charge in [-0.05, 0) is 146 Å². The van der Waals surface area contributed by atoms with Crippen LogP contribution >= 0.6 is 0 Å². The molecule has 484 valence electrons. The first-order valence-electron chi connectivity index (χ1n) is 32.3. The highest BCUT2D eigenvalue weighted by atomic mass is 28.4. The van der Waals surface area contributed by atoms with Crippen molar-refractivity contribution in [1.29, 1.82) is 0 Å². The lowest BCUT2D eigenvalue weighted by atomic mass is 9.44. The van der Waals surface area contributed by atoms with E-state index in [1.54, 1.807) is 71.9 Å². The predicted octanol–water partition coefficient (Wildman–Crippen LogP) is 15.1. The lowest BCUT2D eigenvalue weighted by Crippen LogP contribution is -2.81. The number of carbonyl (C=O) groups excluding carboxylic acids is 4. The summed E-state index contributed by atoms with van der Waals surface area (Å²) in [6, 6.07) is 19.3. The smallest absolute Gasteiger partial charge is 0.408 e. The van der Waals surface area contributed by atoms with E-state index in [1.807, 2.05) is 69.0 Å². The number of amides is 1. The number of carbonyl (C=O) groups is 4. The summed E-state index contributed by atoms with van der Waals surface area (Å²) in [5.41, 5.74) is -6.28. The minimum absolute atomic E-state index is 0.0566. The Kier molecular flexibility index (Phi) is 25.8. The van der Waals surface area contributed by atoms with Gasteiger partial charge in [0.05, 0.1) is 54.6 Å². The molecule has 0 aromatic heterocycles. The molecule has 3 N–H and O–H groups in total. The molecule has 2 aromatic carbocycles. The van der Waals surface area contributed by atoms with Gasteiger partial charge in [0.15, 0.2) is 28.5 Å². The third-order valence-electron chi connectivity index (χ3n) is 18.4. The third kappa shape index (κ3) is 17.6. The van der Waals surface area contributed by atoms with Gasteiger partial charge in [0.1, 0.15) is 22.9 Å². The van der Waals surface area contributed by atoms with Crippen LogP contribution in [0.5, 0.6) is 0 Å². The summed E-state index contributed by atoms with van der Waals surface area (Å²) in [5.74, 6) is -3.29. The number of benzene rings is 2. The van der Waals surface area contributed by atoms with Crippen molar-refractivity contribution in [3.05, 3.63) is 156 Å². The zero-order valence-corrected chi connectivity index (χ0v) is 57.3. The Labute approximate surface area is 528 Å². The van der Waals surface area contributed by atoms with Gasteiger partial charge in [-0.1, -0.05) is 163 Å². The Bertz CT molecular complexity index is 2840. The molecule has 16 heteroatoms. The SMILES string of the molecule is CC/C=C\C/C=C\C/C=C\C/C=C\C/C=C\C/C=C\CCC(=O)OC1C(=O)C2(C)C(O[Si](CC)(CC)CC)CC3OCC3(O)C2C(OC(=O)c2ccccc2)C2(O)CC(OCC(O[Si](C)(C)C)C(NC(=O)OC(C)(C)C)c3ccccc3)C(C)=C1C2(C)C. The summed E-state index contributed by atoms with van der Waals surface area (Å²) < 4.78 is 47.1. The number of allylic oxidation sites excluding steroid dienone is 12. The highest BCUT2D eigenvalue weighted by Gasteiger charge is 2.77. The van der Waals surface area contributed by atoms with Gasteiger partial charge in [0.2, 0.25) is 0 Å². The first-order chi connectivity index (χ1) is 41.6. The number of nitrogens with one attached hydrogen (secondary N) is 1. The van der Waals surface area contributed by atoms with Gasteiger partial charge >= 0.3 is 18.0 Å². The molecule has 2 bridgehead atoms. The molecule has 2 aromatic rings. The van der Waals surface area contributed by atoms with Crippen LogP contribution in [0.4, 0.5) is 4.79 Å². The van der Waals surface area contributed by atoms with Crippen molar-refractivity contribution in [2.24, 2.45) is 16.7 Å². The molecule has 11 atom stereocenters. The molecule has 0 spiro atoms. The molecule has 3 fully saturated rings. The highest BCUT2D eigenvalue weighted by Crippen LogP contribution is 2.64. The second-order valence-corrected chi connectivity index (χ2v) is 36.2. The summed E-state index contributed by atoms with van der Waals surface area (Å²) in [7, 11) is -5.07. The molecular formula is C72H105NO13Si2. The van der Waals surface area contributed by atoms with Crippen molar-refractivity contribution >= 4 is 40.4 Å². The second kappa shape index (κ2) is 31.6. The van der Waals surface area contributed by atoms with E-state index in [-0.39, 0.29) is 38.0 Å². The maximum atomic E-state index is 16.8. The normalized spacial score (nSPS) is 27.3. The lowest BCUT2D eigenvalue weighted by molar-refractivity contribution is -0.342. The molecule has 1 heterocycles. The molecular weight excluding hydrogens is 1140 g/mol. The Morgan fingerprint density at radius 1 is 0.761 bits per heavy atom. The van der Waals surface area contributed by atoms with Crippen molar-refractivity contribution in [3.63, 3.8) is 0 Å². The van der Waals surface area contributed by atoms with Crippen LogP contribution in [0.1, 0.15) is 162 Å². The van der Waals surface area contributed by atoms with E-state index in [2.05, 4.69) is 93.8 Å². The summed E-state index contributed by atoms with van der Waals surface area (Å²) in [5, 5.41) is 30.9. The third-order valence-corrected chi connectivity index (χ3v) is 24.1. The van der Waals surface area contributed by atoms with E-state index >= 15 is 4.79 Å². The van der Waals surface area contributed by atoms with Gasteiger partial charge in [0.25, 0.3) is 0 Å². The maximum absolute atomic E-state index is 16.8. The van der Waals surface area contributed by atoms with Crippen LogP contribution < -0.4 is 5.32 Å². The number of aliphatic hydroxyl groups is 2. The van der Waals surface area contributed by atoms with Crippen molar-refractivity contribution < 1.29 is 61.9 Å². The molecule has 1 amide bonds. The van der Waals surface area contributed by atoms with E-state index in [0.717, 1.165) is 55.8 Å². The Hall–Kier alpha value is -5.31. The first-order valence-corrected chi connectivity index (χ1v) is 38.3. The maximum Gasteiger partial charge on any atom is 0.408 e. The molecule has 3 aliphatic carbocycles. The van der Waals surface area contributed by atoms with Gasteiger partial charge in [-0.3, -0.25) is 9.59 Å². The van der Waals surface area contributed by atoms with E-state index in [9.17, 15) is 24.6 Å². The van der Waals surface area contributed by atoms with Crippen molar-refractivity contribution in [2.75, 3.05) is 13.2 Å². The van der Waals surface area contributed by atoms with Crippen LogP contribution in [0.25, 0.3) is 0 Å². The number of hydrogen-bond acceptors (Lipinski definition) is 13. The Balaban J connectivity index is 1.41. The molecule has 88 heavy (non-hydrogen) atoms. The van der Waals surface area contributed by atoms with E-state index < -0.39 is 117 Å². The van der Waals surface area contributed by atoms with Crippen molar-refractivity contribution in [2.45, 2.75) is 238 Å². The Morgan fingerprint density at radius 3 is 1.80 bits per heavy atom. The van der Waals surface area contributed by atoms with Crippen LogP contribution in [0.2, 0.25) is 37.8 Å². The molecule has 6 rings (SSSR count). The van der Waals surface area contributed by atoms with Crippen LogP contribution in [0, 0.1) is 16.7 Å². The zero-order valence-electron chi connectivity index (χ0n) is 55.3. The van der Waals surface area contributed by atoms with Gasteiger partial charge in [-0.25, -0.2) is 9.59 Å². The minimum atomic E-state index is -2.61. The van der Waals surface area contributed by atoms with Gasteiger partial charge in [-0.2, -0.15) is 0 Å². The van der Waals surface area contributed by atoms with Crippen LogP contribution in [-0.2, 0) is 42.1 Å². The largest absolute Gasteiger partial charge is 0.455 e. The summed E-state index contributed by atoms with van der Waals surface area (Å²) in [6.07, 6.45) is 23.5. The van der Waals surface area contributed by atoms with Crippen LogP contribution in [0.3, 0.4) is 0 Å². The fraction of sp³-hybridized carbons (Fsp3) is 0.583. The summed E-state index contributed by atoms with van der Waals surface area (Å²) in [4.78, 5) is 60.2. The van der Waals surface area contributed by atoms with Crippen LogP contribution in [0.15, 0.2) is 145 Å². The molecule has 2 saturated carbocycles. The molecule has 1 aliphatic heterocycles. The van der Waals surface area contributed by atoms with Gasteiger partial charge in [-0.15, -0.1) is 0 Å². The monoisotopic (exact) mass is 1250 g/mol. The van der Waals surface area contributed by atoms with E-state index in [1.165, 1.54) is 0 Å². The number of rotatable bonds is 30. The van der Waals surface area contributed by atoms with Crippen molar-refractivity contribution in [1.82, 2.24) is 5.32 Å². The molecule has 4 aliphatic rings. The standard InChI is InChI=1S/C72H105NO13Si2/c1-15-19-20-21-22-23-24-25-26-27-28-29-30-31-32-33-34-35-42-47-59(74)82-62-60-52(5)55(80-50-56(85-87(12,13)14)61(53-43-38-36-39-44-53)73-67(77)84-68(6,7)8)49-72(79,69(60,9)10)65(83-66(76)54-45-40-37-41-46-54)63-70(11,64(62)75)57(48-58-71(63,78)51-81-58)86-88(16-2,17-3)18-4/h19-20,22-23,25-26,28-29,31-32,34-41,43-46,55-58,61-63,65,78-79H,15-18,21,24,27,30,33,42,47-51H2,1-14H3,(H,73,77)/b20-19-,23-22-,26-25-,29-28-,32-31-,35-34-. The number of ether oxygens (including phenoxy) is 5. The number of esters is 2. The fourth-order valence-electron chi connectivity index (χ4n) is 13.3. The van der Waals surface area contributed by atoms with E-state index in [0.29, 0.717) is 24.0 Å². The highest BCUT2D eigenvalue weighted by molar-refractivity contribution is 6.73. The quantitative estimate of drug-likeness (QED) is 0.0291. The molecule has 0 radical (unpaired) electrons. The minimum Gasteiger partial charge on any atom is -0.455 e. The van der Waals surface area contributed by atoms with Gasteiger partial charge < -0.3 is 48.1 Å². The summed E-state index contributed by atoms with van der Waals surface area (Å²) in [6.45, 7) is 26.7.